The van der Waals surface area contributed by atoms with Crippen molar-refractivity contribution in [3.05, 3.63) is 77.9 Å². The topological polar surface area (TPSA) is 84.0 Å². The molecule has 134 valence electrons. The van der Waals surface area contributed by atoms with Gasteiger partial charge in [-0.3, -0.25) is 4.72 Å². The van der Waals surface area contributed by atoms with E-state index in [1.807, 2.05) is 37.3 Å². The molecule has 0 amide bonds. The zero-order valence-electron chi connectivity index (χ0n) is 14.5. The fourth-order valence-electron chi connectivity index (χ4n) is 2.56. The third kappa shape index (κ3) is 4.18. The summed E-state index contributed by atoms with van der Waals surface area (Å²) in [6, 6.07) is 20.1. The smallest absolute Gasteiger partial charge is 0.263 e. The molecule has 1 heterocycles. The van der Waals surface area contributed by atoms with Crippen LogP contribution in [0, 0.1) is 6.92 Å². The zero-order valence-corrected chi connectivity index (χ0v) is 15.4. The summed E-state index contributed by atoms with van der Waals surface area (Å²) in [4.78, 5) is 0.224. The molecule has 0 aliphatic carbocycles. The molecular weight excluding hydrogens is 348 g/mol. The molecule has 1 atom stereocenters. The Balaban J connectivity index is 1.71. The van der Waals surface area contributed by atoms with Gasteiger partial charge in [0.05, 0.1) is 4.90 Å². The number of nitrogens with zero attached hydrogens (tertiary/aromatic N) is 2. The summed E-state index contributed by atoms with van der Waals surface area (Å²) in [6.45, 7) is 3.77. The number of anilines is 2. The molecule has 0 bridgehead atoms. The molecule has 0 aliphatic rings. The molecule has 1 unspecified atom stereocenters. The summed E-state index contributed by atoms with van der Waals surface area (Å²) in [5, 5.41) is 11.3. The van der Waals surface area contributed by atoms with E-state index < -0.39 is 10.0 Å². The van der Waals surface area contributed by atoms with Crippen LogP contribution in [0.25, 0.3) is 0 Å². The lowest BCUT2D eigenvalue weighted by atomic mass is 10.1. The number of sulfonamides is 1. The van der Waals surface area contributed by atoms with E-state index in [2.05, 4.69) is 20.2 Å². The van der Waals surface area contributed by atoms with E-state index >= 15 is 0 Å². The average molecular weight is 368 g/mol. The highest BCUT2D eigenvalue weighted by molar-refractivity contribution is 7.92. The normalized spacial score (nSPS) is 12.4. The van der Waals surface area contributed by atoms with Gasteiger partial charge < -0.3 is 5.32 Å². The lowest BCUT2D eigenvalue weighted by Gasteiger charge is -2.14. The van der Waals surface area contributed by atoms with Crippen molar-refractivity contribution in [1.82, 2.24) is 10.2 Å². The average Bonchev–Trinajstić information content (AvgIpc) is 2.64. The first-order chi connectivity index (χ1) is 12.5. The van der Waals surface area contributed by atoms with E-state index in [-0.39, 0.29) is 16.8 Å². The van der Waals surface area contributed by atoms with Gasteiger partial charge in [-0.15, -0.1) is 10.2 Å². The van der Waals surface area contributed by atoms with Gasteiger partial charge in [0, 0.05) is 6.04 Å². The molecule has 2 N–H and O–H groups in total. The molecule has 0 aliphatic heterocycles. The van der Waals surface area contributed by atoms with Gasteiger partial charge in [-0.05, 0) is 43.2 Å². The Kier molecular flexibility index (Phi) is 5.18. The van der Waals surface area contributed by atoms with Gasteiger partial charge >= 0.3 is 0 Å². The van der Waals surface area contributed by atoms with Crippen molar-refractivity contribution < 1.29 is 8.42 Å². The van der Waals surface area contributed by atoms with Crippen LogP contribution in [0.5, 0.6) is 0 Å². The van der Waals surface area contributed by atoms with E-state index in [1.165, 1.54) is 0 Å². The van der Waals surface area contributed by atoms with Crippen molar-refractivity contribution in [2.24, 2.45) is 0 Å². The molecule has 1 aromatic heterocycles. The highest BCUT2D eigenvalue weighted by Gasteiger charge is 2.17. The van der Waals surface area contributed by atoms with E-state index in [1.54, 1.807) is 43.3 Å². The van der Waals surface area contributed by atoms with Crippen LogP contribution < -0.4 is 10.0 Å². The van der Waals surface area contributed by atoms with Crippen molar-refractivity contribution in [3.8, 4) is 0 Å². The summed E-state index contributed by atoms with van der Waals surface area (Å²) in [6.07, 6.45) is 0. The minimum absolute atomic E-state index is 0.0556. The molecule has 3 rings (SSSR count). The molecular formula is C19H20N4O2S. The highest BCUT2D eigenvalue weighted by atomic mass is 32.2. The maximum absolute atomic E-state index is 12.5. The minimum atomic E-state index is -3.70. The van der Waals surface area contributed by atoms with Crippen molar-refractivity contribution >= 4 is 21.7 Å². The lowest BCUT2D eigenvalue weighted by molar-refractivity contribution is 0.600. The minimum Gasteiger partial charge on any atom is -0.362 e. The fourth-order valence-corrected chi connectivity index (χ4v) is 3.80. The van der Waals surface area contributed by atoms with Crippen LogP contribution >= 0.6 is 0 Å². The third-order valence-electron chi connectivity index (χ3n) is 3.95. The number of hydrogen-bond acceptors (Lipinski definition) is 5. The molecule has 26 heavy (non-hydrogen) atoms. The van der Waals surface area contributed by atoms with Crippen LogP contribution in [-0.4, -0.2) is 18.6 Å². The molecule has 2 aromatic carbocycles. The predicted molar refractivity (Wildman–Crippen MR) is 102 cm³/mol. The Morgan fingerprint density at radius 3 is 2.12 bits per heavy atom. The van der Waals surface area contributed by atoms with E-state index in [0.717, 1.165) is 5.56 Å². The molecule has 0 saturated heterocycles. The van der Waals surface area contributed by atoms with E-state index in [4.69, 9.17) is 0 Å². The lowest BCUT2D eigenvalue weighted by Crippen LogP contribution is -2.16. The molecule has 0 spiro atoms. The van der Waals surface area contributed by atoms with Gasteiger partial charge in [0.2, 0.25) is 0 Å². The van der Waals surface area contributed by atoms with Crippen molar-refractivity contribution in [2.75, 3.05) is 10.0 Å². The van der Waals surface area contributed by atoms with Crippen molar-refractivity contribution in [2.45, 2.75) is 24.8 Å². The monoisotopic (exact) mass is 368 g/mol. The SMILES string of the molecule is Cc1ccccc1S(=O)(=O)Nc1ccc(NC(C)c2ccccc2)nn1. The molecule has 0 saturated carbocycles. The van der Waals surface area contributed by atoms with Gasteiger partial charge in [-0.2, -0.15) is 0 Å². The second-order valence-electron chi connectivity index (χ2n) is 5.95. The number of aromatic nitrogens is 2. The summed E-state index contributed by atoms with van der Waals surface area (Å²) >= 11 is 0. The Labute approximate surface area is 153 Å². The van der Waals surface area contributed by atoms with Gasteiger partial charge in [-0.1, -0.05) is 48.5 Å². The predicted octanol–water partition coefficient (Wildman–Crippen LogP) is 3.76. The quantitative estimate of drug-likeness (QED) is 0.692. The molecule has 7 heteroatoms. The van der Waals surface area contributed by atoms with Crippen LogP contribution in [0.15, 0.2) is 71.6 Å². The first kappa shape index (κ1) is 17.9. The maximum atomic E-state index is 12.5. The standard InChI is InChI=1S/C19H20N4O2S/c1-14-8-6-7-11-17(14)26(24,25)23-19-13-12-18(21-22-19)20-15(2)16-9-4-3-5-10-16/h3-13,15H,1-2H3,(H,20,21)(H,22,23). The molecule has 0 radical (unpaired) electrons. The Hall–Kier alpha value is -2.93. The van der Waals surface area contributed by atoms with Crippen LogP contribution in [-0.2, 0) is 10.0 Å². The maximum Gasteiger partial charge on any atom is 0.263 e. The van der Waals surface area contributed by atoms with Crippen LogP contribution in [0.1, 0.15) is 24.1 Å². The first-order valence-electron chi connectivity index (χ1n) is 8.19. The number of benzene rings is 2. The van der Waals surface area contributed by atoms with Crippen LogP contribution in [0.4, 0.5) is 11.6 Å². The number of aryl methyl sites for hydroxylation is 1. The number of rotatable bonds is 6. The van der Waals surface area contributed by atoms with E-state index in [9.17, 15) is 8.42 Å². The Morgan fingerprint density at radius 1 is 0.846 bits per heavy atom. The summed E-state index contributed by atoms with van der Waals surface area (Å²) in [7, 11) is -3.70. The molecule has 6 nitrogen and oxygen atoms in total. The van der Waals surface area contributed by atoms with Crippen LogP contribution in [0.3, 0.4) is 0 Å². The Morgan fingerprint density at radius 2 is 1.46 bits per heavy atom. The summed E-state index contributed by atoms with van der Waals surface area (Å²) in [5.41, 5.74) is 1.79. The summed E-state index contributed by atoms with van der Waals surface area (Å²) in [5.74, 6) is 0.742. The van der Waals surface area contributed by atoms with Gasteiger partial charge in [0.1, 0.15) is 5.82 Å². The highest BCUT2D eigenvalue weighted by Crippen LogP contribution is 2.20. The third-order valence-corrected chi connectivity index (χ3v) is 5.47. The number of hydrogen-bond donors (Lipinski definition) is 2. The fraction of sp³-hybridized carbons (Fsp3) is 0.158. The van der Waals surface area contributed by atoms with Crippen molar-refractivity contribution in [1.29, 1.82) is 0 Å². The molecule has 3 aromatic rings. The van der Waals surface area contributed by atoms with Gasteiger partial charge in [0.25, 0.3) is 10.0 Å². The Bertz CT molecular complexity index is 974. The second-order valence-corrected chi connectivity index (χ2v) is 7.60. The van der Waals surface area contributed by atoms with Crippen molar-refractivity contribution in [3.63, 3.8) is 0 Å². The van der Waals surface area contributed by atoms with E-state index in [0.29, 0.717) is 11.4 Å². The van der Waals surface area contributed by atoms with Gasteiger partial charge in [-0.25, -0.2) is 8.42 Å². The van der Waals surface area contributed by atoms with Crippen LogP contribution in [0.2, 0.25) is 0 Å². The van der Waals surface area contributed by atoms with Gasteiger partial charge in [0.15, 0.2) is 5.82 Å². The summed E-state index contributed by atoms with van der Waals surface area (Å²) < 4.78 is 27.4. The second kappa shape index (κ2) is 7.53. The number of nitrogens with one attached hydrogen (secondary N) is 2. The largest absolute Gasteiger partial charge is 0.362 e. The first-order valence-corrected chi connectivity index (χ1v) is 9.68. The zero-order chi connectivity index (χ0) is 18.6. The molecule has 0 fully saturated rings.